The molecule has 0 saturated carbocycles. The summed E-state index contributed by atoms with van der Waals surface area (Å²) in [6.45, 7) is 0. The lowest BCUT2D eigenvalue weighted by molar-refractivity contribution is 1.08. The fourth-order valence-corrected chi connectivity index (χ4v) is 1.85. The first-order valence-electron chi connectivity index (χ1n) is 4.61. The van der Waals surface area contributed by atoms with Crippen LogP contribution in [0, 0.1) is 0 Å². The molecule has 15 heavy (non-hydrogen) atoms. The van der Waals surface area contributed by atoms with Gasteiger partial charge in [0.15, 0.2) is 0 Å². The molecule has 2 N–H and O–H groups in total. The van der Waals surface area contributed by atoms with Crippen molar-refractivity contribution in [2.45, 2.75) is 0 Å². The minimum atomic E-state index is 0.677. The summed E-state index contributed by atoms with van der Waals surface area (Å²) in [6.07, 6.45) is 1.74. The SMILES string of the molecule is CN(C)c1nccc2c(N)ccc(Cl)c12. The minimum Gasteiger partial charge on any atom is -0.398 e. The fourth-order valence-electron chi connectivity index (χ4n) is 1.60. The molecule has 2 rings (SSSR count). The molecular weight excluding hydrogens is 210 g/mol. The third-order valence-corrected chi connectivity index (χ3v) is 2.63. The first-order valence-corrected chi connectivity index (χ1v) is 4.99. The van der Waals surface area contributed by atoms with E-state index in [1.54, 1.807) is 12.3 Å². The number of aromatic nitrogens is 1. The topological polar surface area (TPSA) is 42.2 Å². The Morgan fingerprint density at radius 1 is 1.27 bits per heavy atom. The molecule has 0 aliphatic rings. The molecule has 0 saturated heterocycles. The number of benzene rings is 1. The number of nitrogen functional groups attached to an aromatic ring is 1. The van der Waals surface area contributed by atoms with E-state index in [1.807, 2.05) is 31.1 Å². The summed E-state index contributed by atoms with van der Waals surface area (Å²) in [5, 5.41) is 2.53. The van der Waals surface area contributed by atoms with E-state index >= 15 is 0 Å². The van der Waals surface area contributed by atoms with Crippen LogP contribution in [0.2, 0.25) is 5.02 Å². The van der Waals surface area contributed by atoms with E-state index in [9.17, 15) is 0 Å². The van der Waals surface area contributed by atoms with Crippen molar-refractivity contribution in [3.05, 3.63) is 29.4 Å². The van der Waals surface area contributed by atoms with Crippen LogP contribution in [0.15, 0.2) is 24.4 Å². The largest absolute Gasteiger partial charge is 0.398 e. The highest BCUT2D eigenvalue weighted by Gasteiger charge is 2.09. The smallest absolute Gasteiger partial charge is 0.137 e. The molecule has 0 spiro atoms. The maximum absolute atomic E-state index is 6.16. The Bertz CT molecular complexity index is 508. The van der Waals surface area contributed by atoms with Crippen LogP contribution in [-0.2, 0) is 0 Å². The van der Waals surface area contributed by atoms with Crippen molar-refractivity contribution in [1.29, 1.82) is 0 Å². The molecule has 0 bridgehead atoms. The van der Waals surface area contributed by atoms with Crippen molar-refractivity contribution >= 4 is 33.9 Å². The molecule has 0 atom stereocenters. The van der Waals surface area contributed by atoms with E-state index in [2.05, 4.69) is 4.98 Å². The number of rotatable bonds is 1. The first-order chi connectivity index (χ1) is 7.11. The lowest BCUT2D eigenvalue weighted by Gasteiger charge is -2.15. The summed E-state index contributed by atoms with van der Waals surface area (Å²) >= 11 is 6.16. The zero-order valence-corrected chi connectivity index (χ0v) is 9.42. The van der Waals surface area contributed by atoms with Crippen molar-refractivity contribution in [3.63, 3.8) is 0 Å². The highest BCUT2D eigenvalue weighted by molar-refractivity contribution is 6.37. The molecule has 3 nitrogen and oxygen atoms in total. The summed E-state index contributed by atoms with van der Waals surface area (Å²) in [7, 11) is 3.86. The van der Waals surface area contributed by atoms with Crippen molar-refractivity contribution in [2.75, 3.05) is 24.7 Å². The van der Waals surface area contributed by atoms with E-state index in [1.165, 1.54) is 0 Å². The number of pyridine rings is 1. The predicted molar refractivity (Wildman–Crippen MR) is 65.5 cm³/mol. The number of nitrogens with zero attached hydrogens (tertiary/aromatic N) is 2. The molecule has 2 aromatic rings. The zero-order valence-electron chi connectivity index (χ0n) is 8.66. The monoisotopic (exact) mass is 221 g/mol. The zero-order chi connectivity index (χ0) is 11.0. The molecule has 0 fully saturated rings. The Hall–Kier alpha value is -1.48. The summed E-state index contributed by atoms with van der Waals surface area (Å²) in [6, 6.07) is 5.49. The Morgan fingerprint density at radius 2 is 2.00 bits per heavy atom. The van der Waals surface area contributed by atoms with Gasteiger partial charge >= 0.3 is 0 Å². The number of fused-ring (bicyclic) bond motifs is 1. The van der Waals surface area contributed by atoms with Crippen LogP contribution in [0.1, 0.15) is 0 Å². The third-order valence-electron chi connectivity index (χ3n) is 2.31. The Labute approximate surface area is 93.5 Å². The maximum Gasteiger partial charge on any atom is 0.137 e. The van der Waals surface area contributed by atoms with Gasteiger partial charge < -0.3 is 10.6 Å². The van der Waals surface area contributed by atoms with Crippen LogP contribution in [0.5, 0.6) is 0 Å². The Morgan fingerprint density at radius 3 is 2.67 bits per heavy atom. The molecular formula is C11H12ClN3. The molecule has 0 amide bonds. The van der Waals surface area contributed by atoms with Crippen LogP contribution in [0.4, 0.5) is 11.5 Å². The molecule has 0 aliphatic carbocycles. The summed E-state index contributed by atoms with van der Waals surface area (Å²) in [4.78, 5) is 6.22. The quantitative estimate of drug-likeness (QED) is 0.753. The average Bonchev–Trinajstić information content (AvgIpc) is 2.23. The molecule has 1 heterocycles. The van der Waals surface area contributed by atoms with Crippen molar-refractivity contribution < 1.29 is 0 Å². The normalized spacial score (nSPS) is 10.6. The van der Waals surface area contributed by atoms with Gasteiger partial charge in [-0.25, -0.2) is 4.98 Å². The van der Waals surface area contributed by atoms with E-state index in [-0.39, 0.29) is 0 Å². The van der Waals surface area contributed by atoms with Crippen LogP contribution >= 0.6 is 11.6 Å². The van der Waals surface area contributed by atoms with Gasteiger partial charge in [-0.15, -0.1) is 0 Å². The number of halogens is 1. The first kappa shape index (κ1) is 10.1. The van der Waals surface area contributed by atoms with Gasteiger partial charge in [0.1, 0.15) is 5.82 Å². The lowest BCUT2D eigenvalue weighted by atomic mass is 10.1. The van der Waals surface area contributed by atoms with E-state index in [0.29, 0.717) is 5.02 Å². The van der Waals surface area contributed by atoms with Crippen molar-refractivity contribution in [2.24, 2.45) is 0 Å². The standard InChI is InChI=1S/C11H12ClN3/c1-15(2)11-10-7(5-6-14-11)9(13)4-3-8(10)12/h3-6H,13H2,1-2H3. The molecule has 4 heteroatoms. The van der Waals surface area contributed by atoms with Crippen LogP contribution in [0.25, 0.3) is 10.8 Å². The second kappa shape index (κ2) is 3.59. The average molecular weight is 222 g/mol. The van der Waals surface area contributed by atoms with Gasteiger partial charge in [0.05, 0.1) is 5.02 Å². The molecule has 0 radical (unpaired) electrons. The summed E-state index contributed by atoms with van der Waals surface area (Å²) in [5.74, 6) is 0.838. The van der Waals surface area contributed by atoms with Gasteiger partial charge in [0.25, 0.3) is 0 Å². The highest BCUT2D eigenvalue weighted by Crippen LogP contribution is 2.33. The molecule has 78 valence electrons. The molecule has 1 aromatic heterocycles. The van der Waals surface area contributed by atoms with Gasteiger partial charge in [0, 0.05) is 36.8 Å². The number of hydrogen-bond donors (Lipinski definition) is 1. The third kappa shape index (κ3) is 1.59. The number of nitrogens with two attached hydrogens (primary N) is 1. The van der Waals surface area contributed by atoms with Gasteiger partial charge in [-0.1, -0.05) is 11.6 Å². The number of anilines is 2. The second-order valence-corrected chi connectivity index (χ2v) is 4.00. The van der Waals surface area contributed by atoms with E-state index in [4.69, 9.17) is 17.3 Å². The molecule has 1 aromatic carbocycles. The Balaban J connectivity index is 2.90. The second-order valence-electron chi connectivity index (χ2n) is 3.59. The van der Waals surface area contributed by atoms with E-state index < -0.39 is 0 Å². The van der Waals surface area contributed by atoms with Gasteiger partial charge in [-0.2, -0.15) is 0 Å². The summed E-state index contributed by atoms with van der Waals surface area (Å²) < 4.78 is 0. The van der Waals surface area contributed by atoms with Gasteiger partial charge in [-0.05, 0) is 18.2 Å². The minimum absolute atomic E-state index is 0.677. The van der Waals surface area contributed by atoms with Crippen molar-refractivity contribution in [1.82, 2.24) is 4.98 Å². The predicted octanol–water partition coefficient (Wildman–Crippen LogP) is 2.54. The van der Waals surface area contributed by atoms with Crippen LogP contribution in [-0.4, -0.2) is 19.1 Å². The fraction of sp³-hybridized carbons (Fsp3) is 0.182. The highest BCUT2D eigenvalue weighted by atomic mass is 35.5. The lowest BCUT2D eigenvalue weighted by Crippen LogP contribution is -2.11. The van der Waals surface area contributed by atoms with Crippen molar-refractivity contribution in [3.8, 4) is 0 Å². The molecule has 0 unspecified atom stereocenters. The maximum atomic E-state index is 6.16. The molecule has 0 aliphatic heterocycles. The Kier molecular flexibility index (Phi) is 2.40. The van der Waals surface area contributed by atoms with Crippen LogP contribution < -0.4 is 10.6 Å². The van der Waals surface area contributed by atoms with Crippen LogP contribution in [0.3, 0.4) is 0 Å². The number of hydrogen-bond acceptors (Lipinski definition) is 3. The summed E-state index contributed by atoms with van der Waals surface area (Å²) in [5.41, 5.74) is 6.61. The van der Waals surface area contributed by atoms with E-state index in [0.717, 1.165) is 22.3 Å². The van der Waals surface area contributed by atoms with Gasteiger partial charge in [0.2, 0.25) is 0 Å². The van der Waals surface area contributed by atoms with Gasteiger partial charge in [-0.3, -0.25) is 0 Å².